The number of urea groups is 1. The highest BCUT2D eigenvalue weighted by atomic mass is 19.4. The van der Waals surface area contributed by atoms with E-state index in [9.17, 15) is 22.4 Å². The third kappa shape index (κ3) is 5.37. The predicted octanol–water partition coefficient (Wildman–Crippen LogP) is 5.01. The number of amides is 2. The van der Waals surface area contributed by atoms with Gasteiger partial charge in [-0.15, -0.1) is 0 Å². The molecule has 0 bridgehead atoms. The summed E-state index contributed by atoms with van der Waals surface area (Å²) in [6.07, 6.45) is -1.82. The number of carbonyl (C=O) groups excluding carboxylic acids is 1. The summed E-state index contributed by atoms with van der Waals surface area (Å²) in [5.41, 5.74) is 0.135. The van der Waals surface area contributed by atoms with Crippen LogP contribution in [0.15, 0.2) is 60.9 Å². The molecule has 0 atom stereocenters. The Balaban J connectivity index is 1.57. The molecule has 3 heterocycles. The summed E-state index contributed by atoms with van der Waals surface area (Å²) in [5, 5.41) is 5.54. The zero-order chi connectivity index (χ0) is 23.4. The Kier molecular flexibility index (Phi) is 6.11. The average Bonchev–Trinajstić information content (AvgIpc) is 2.78. The molecule has 0 aliphatic heterocycles. The summed E-state index contributed by atoms with van der Waals surface area (Å²) in [4.78, 5) is 28.4. The number of aromatic nitrogens is 4. The molecular formula is C22H16F4N6O. The number of benzene rings is 1. The van der Waals surface area contributed by atoms with Crippen LogP contribution in [0.3, 0.4) is 0 Å². The third-order valence-corrected chi connectivity index (χ3v) is 4.67. The minimum atomic E-state index is -4.57. The highest BCUT2D eigenvalue weighted by molar-refractivity contribution is 5.99. The van der Waals surface area contributed by atoms with E-state index >= 15 is 0 Å². The van der Waals surface area contributed by atoms with E-state index in [1.807, 2.05) is 0 Å². The van der Waals surface area contributed by atoms with Crippen molar-refractivity contribution in [2.24, 2.45) is 0 Å². The Hall–Kier alpha value is -4.15. The number of fused-ring (bicyclic) bond motifs is 1. The molecule has 0 radical (unpaired) electrons. The molecule has 1 aromatic carbocycles. The fourth-order valence-electron chi connectivity index (χ4n) is 3.22. The van der Waals surface area contributed by atoms with Gasteiger partial charge in [0.2, 0.25) is 5.95 Å². The molecule has 2 amide bonds. The van der Waals surface area contributed by atoms with Crippen molar-refractivity contribution >= 4 is 28.7 Å². The maximum Gasteiger partial charge on any atom is 0.433 e. The quantitative estimate of drug-likeness (QED) is 0.412. The topological polar surface area (TPSA) is 92.7 Å². The molecular weight excluding hydrogens is 440 g/mol. The Bertz CT molecular complexity index is 1290. The molecule has 3 aromatic heterocycles. The second kappa shape index (κ2) is 9.15. The van der Waals surface area contributed by atoms with E-state index < -0.39 is 23.7 Å². The van der Waals surface area contributed by atoms with Crippen LogP contribution in [0, 0.1) is 5.82 Å². The van der Waals surface area contributed by atoms with Crippen molar-refractivity contribution in [3.63, 3.8) is 0 Å². The van der Waals surface area contributed by atoms with E-state index in [2.05, 4.69) is 30.6 Å². The third-order valence-electron chi connectivity index (χ3n) is 4.67. The van der Waals surface area contributed by atoms with Crippen LogP contribution in [-0.4, -0.2) is 26.0 Å². The number of nitrogens with one attached hydrogen (secondary N) is 2. The minimum Gasteiger partial charge on any atom is -0.308 e. The van der Waals surface area contributed by atoms with E-state index in [4.69, 9.17) is 0 Å². The first-order valence-corrected chi connectivity index (χ1v) is 9.76. The number of alkyl halides is 3. The monoisotopic (exact) mass is 456 g/mol. The lowest BCUT2D eigenvalue weighted by Crippen LogP contribution is -2.21. The number of nitrogens with zero attached hydrogens (tertiary/aromatic N) is 4. The molecule has 11 heteroatoms. The van der Waals surface area contributed by atoms with Gasteiger partial charge in [-0.1, -0.05) is 6.07 Å². The Labute approximate surface area is 184 Å². The maximum absolute atomic E-state index is 13.3. The summed E-state index contributed by atoms with van der Waals surface area (Å²) >= 11 is 0. The van der Waals surface area contributed by atoms with Crippen LogP contribution in [0.1, 0.15) is 17.0 Å². The summed E-state index contributed by atoms with van der Waals surface area (Å²) in [6, 6.07) is 10.7. The van der Waals surface area contributed by atoms with E-state index in [-0.39, 0.29) is 30.0 Å². The van der Waals surface area contributed by atoms with Crippen LogP contribution in [0.5, 0.6) is 0 Å². The number of rotatable bonds is 5. The van der Waals surface area contributed by atoms with E-state index in [0.29, 0.717) is 16.8 Å². The number of anilines is 2. The van der Waals surface area contributed by atoms with Gasteiger partial charge in [0.05, 0.1) is 5.69 Å². The standard InChI is InChI=1S/C22H16F4N6O/c23-14-6-8-15(9-7-14)29-21(33)32-20-30-17(16-4-2-12-28-19(16)31-20)10-5-13-3-1-11-27-18(13)22(24,25)26/h1-4,6-9,11-12H,5,10H2,(H2,28,29,30,31,32,33). The van der Waals surface area contributed by atoms with E-state index in [1.54, 1.807) is 12.1 Å². The number of hydrogen-bond donors (Lipinski definition) is 2. The highest BCUT2D eigenvalue weighted by Gasteiger charge is 2.34. The van der Waals surface area contributed by atoms with Gasteiger partial charge in [0.25, 0.3) is 0 Å². The summed E-state index contributed by atoms with van der Waals surface area (Å²) < 4.78 is 52.8. The highest BCUT2D eigenvalue weighted by Crippen LogP contribution is 2.31. The number of pyridine rings is 2. The Morgan fingerprint density at radius 1 is 0.879 bits per heavy atom. The number of aryl methyl sites for hydroxylation is 2. The molecule has 0 spiro atoms. The summed E-state index contributed by atoms with van der Waals surface area (Å²) in [7, 11) is 0. The van der Waals surface area contributed by atoms with Gasteiger partial charge in [-0.3, -0.25) is 10.3 Å². The van der Waals surface area contributed by atoms with Crippen molar-refractivity contribution in [2.75, 3.05) is 10.6 Å². The van der Waals surface area contributed by atoms with Gasteiger partial charge in [0.15, 0.2) is 5.65 Å². The van der Waals surface area contributed by atoms with Crippen LogP contribution in [-0.2, 0) is 19.0 Å². The lowest BCUT2D eigenvalue weighted by molar-refractivity contribution is -0.141. The summed E-state index contributed by atoms with van der Waals surface area (Å²) in [5.74, 6) is -0.519. The largest absolute Gasteiger partial charge is 0.433 e. The zero-order valence-corrected chi connectivity index (χ0v) is 16.9. The van der Waals surface area contributed by atoms with Gasteiger partial charge in [-0.25, -0.2) is 19.2 Å². The lowest BCUT2D eigenvalue weighted by atomic mass is 10.0. The van der Waals surface area contributed by atoms with Crippen LogP contribution in [0.2, 0.25) is 0 Å². The maximum atomic E-state index is 13.3. The molecule has 168 valence electrons. The van der Waals surface area contributed by atoms with Crippen molar-refractivity contribution in [2.45, 2.75) is 19.0 Å². The second-order valence-corrected chi connectivity index (χ2v) is 6.96. The first kappa shape index (κ1) is 22.1. The van der Waals surface area contributed by atoms with Crippen LogP contribution in [0.25, 0.3) is 11.0 Å². The van der Waals surface area contributed by atoms with Crippen molar-refractivity contribution < 1.29 is 22.4 Å². The van der Waals surface area contributed by atoms with Crippen molar-refractivity contribution in [3.05, 3.63) is 83.7 Å². The molecule has 0 unspecified atom stereocenters. The van der Waals surface area contributed by atoms with E-state index in [1.165, 1.54) is 42.6 Å². The average molecular weight is 456 g/mol. The SMILES string of the molecule is O=C(Nc1ccc(F)cc1)Nc1nc(CCc2cccnc2C(F)(F)F)c2cccnc2n1. The molecule has 0 saturated heterocycles. The van der Waals surface area contributed by atoms with Gasteiger partial charge in [0.1, 0.15) is 11.5 Å². The van der Waals surface area contributed by atoms with Crippen molar-refractivity contribution in [3.8, 4) is 0 Å². The van der Waals surface area contributed by atoms with Crippen molar-refractivity contribution in [1.82, 2.24) is 19.9 Å². The molecule has 7 nitrogen and oxygen atoms in total. The molecule has 2 N–H and O–H groups in total. The molecule has 33 heavy (non-hydrogen) atoms. The zero-order valence-electron chi connectivity index (χ0n) is 16.9. The molecule has 4 aromatic rings. The smallest absolute Gasteiger partial charge is 0.308 e. The van der Waals surface area contributed by atoms with Gasteiger partial charge in [-0.2, -0.15) is 18.2 Å². The minimum absolute atomic E-state index is 0.0188. The fourth-order valence-corrected chi connectivity index (χ4v) is 3.22. The number of carbonyl (C=O) groups is 1. The molecule has 0 fully saturated rings. The molecule has 4 rings (SSSR count). The Morgan fingerprint density at radius 2 is 1.61 bits per heavy atom. The van der Waals surface area contributed by atoms with Crippen molar-refractivity contribution in [1.29, 1.82) is 0 Å². The van der Waals surface area contributed by atoms with Crippen LogP contribution < -0.4 is 10.6 Å². The van der Waals surface area contributed by atoms with Crippen LogP contribution >= 0.6 is 0 Å². The normalized spacial score (nSPS) is 11.4. The first-order valence-electron chi connectivity index (χ1n) is 9.76. The van der Waals surface area contributed by atoms with E-state index in [0.717, 1.165) is 6.20 Å². The second-order valence-electron chi connectivity index (χ2n) is 6.96. The Morgan fingerprint density at radius 3 is 2.36 bits per heavy atom. The molecule has 0 aliphatic rings. The van der Waals surface area contributed by atoms with Gasteiger partial charge < -0.3 is 5.32 Å². The van der Waals surface area contributed by atoms with Gasteiger partial charge >= 0.3 is 12.2 Å². The number of hydrogen-bond acceptors (Lipinski definition) is 5. The van der Waals surface area contributed by atoms with Gasteiger partial charge in [0, 0.05) is 23.5 Å². The molecule has 0 aliphatic carbocycles. The first-order chi connectivity index (χ1) is 15.8. The summed E-state index contributed by atoms with van der Waals surface area (Å²) in [6.45, 7) is 0. The predicted molar refractivity (Wildman–Crippen MR) is 113 cm³/mol. The van der Waals surface area contributed by atoms with Gasteiger partial charge in [-0.05, 0) is 60.9 Å². The molecule has 0 saturated carbocycles. The van der Waals surface area contributed by atoms with Crippen LogP contribution in [0.4, 0.5) is 34.0 Å². The lowest BCUT2D eigenvalue weighted by Gasteiger charge is -2.12. The number of halogens is 4. The fraction of sp³-hybridized carbons (Fsp3) is 0.136.